The van der Waals surface area contributed by atoms with Crippen molar-refractivity contribution in [1.29, 1.82) is 0 Å². The Bertz CT molecular complexity index is 1080. The first-order valence-electron chi connectivity index (χ1n) is 10.2. The Morgan fingerprint density at radius 2 is 1.66 bits per heavy atom. The van der Waals surface area contributed by atoms with Crippen molar-refractivity contribution in [2.75, 3.05) is 29.7 Å². The van der Waals surface area contributed by atoms with Crippen LogP contribution in [0.3, 0.4) is 0 Å². The first-order valence-corrected chi connectivity index (χ1v) is 11.3. The number of anilines is 2. The molecular weight excluding hydrogens is 424 g/mol. The molecule has 1 aliphatic heterocycles. The van der Waals surface area contributed by atoms with Gasteiger partial charge in [0.15, 0.2) is 6.61 Å². The minimum absolute atomic E-state index is 0.0508. The van der Waals surface area contributed by atoms with Crippen LogP contribution in [0, 0.1) is 6.92 Å². The van der Waals surface area contributed by atoms with Crippen molar-refractivity contribution in [3.8, 4) is 11.5 Å². The molecular formula is C25H24N2O4S. The molecule has 164 valence electrons. The normalized spacial score (nSPS) is 15.5. The number of aryl methyl sites for hydroxylation is 1. The average Bonchev–Trinajstić information content (AvgIpc) is 3.20. The number of benzene rings is 3. The molecule has 0 aliphatic carbocycles. The lowest BCUT2D eigenvalue weighted by molar-refractivity contribution is -0.118. The van der Waals surface area contributed by atoms with Crippen LogP contribution in [0.4, 0.5) is 11.4 Å². The quantitative estimate of drug-likeness (QED) is 0.562. The van der Waals surface area contributed by atoms with Gasteiger partial charge in [0.05, 0.1) is 12.9 Å². The van der Waals surface area contributed by atoms with Crippen LogP contribution in [-0.2, 0) is 9.59 Å². The van der Waals surface area contributed by atoms with E-state index in [1.54, 1.807) is 55.3 Å². The third-order valence-corrected chi connectivity index (χ3v) is 6.30. The summed E-state index contributed by atoms with van der Waals surface area (Å²) in [6, 6.07) is 22.6. The summed E-state index contributed by atoms with van der Waals surface area (Å²) >= 11 is 1.62. The number of hydrogen-bond acceptors (Lipinski definition) is 5. The van der Waals surface area contributed by atoms with E-state index in [1.165, 1.54) is 5.56 Å². The number of nitrogens with zero attached hydrogens (tertiary/aromatic N) is 1. The van der Waals surface area contributed by atoms with Crippen LogP contribution in [0.25, 0.3) is 0 Å². The molecule has 3 aromatic rings. The van der Waals surface area contributed by atoms with Gasteiger partial charge in [0.25, 0.3) is 5.91 Å². The Labute approximate surface area is 191 Å². The summed E-state index contributed by atoms with van der Waals surface area (Å²) in [7, 11) is 1.59. The van der Waals surface area contributed by atoms with E-state index in [0.29, 0.717) is 17.2 Å². The van der Waals surface area contributed by atoms with Crippen molar-refractivity contribution >= 4 is 35.0 Å². The first-order chi connectivity index (χ1) is 15.5. The fourth-order valence-electron chi connectivity index (χ4n) is 3.40. The summed E-state index contributed by atoms with van der Waals surface area (Å²) in [6.07, 6.45) is 0. The summed E-state index contributed by atoms with van der Waals surface area (Å²) in [5, 5.41) is 2.73. The van der Waals surface area contributed by atoms with Gasteiger partial charge in [-0.2, -0.15) is 0 Å². The van der Waals surface area contributed by atoms with Gasteiger partial charge in [0.2, 0.25) is 5.91 Å². The molecule has 2 amide bonds. The highest BCUT2D eigenvalue weighted by Crippen LogP contribution is 2.42. The lowest BCUT2D eigenvalue weighted by Gasteiger charge is -2.24. The fourth-order valence-corrected chi connectivity index (χ4v) is 4.58. The molecule has 1 N–H and O–H groups in total. The molecule has 1 saturated heterocycles. The molecule has 3 aromatic carbocycles. The molecule has 4 rings (SSSR count). The van der Waals surface area contributed by atoms with Crippen LogP contribution in [-0.4, -0.2) is 31.3 Å². The van der Waals surface area contributed by atoms with E-state index in [4.69, 9.17) is 9.47 Å². The van der Waals surface area contributed by atoms with Crippen LogP contribution in [0.1, 0.15) is 16.5 Å². The molecule has 0 radical (unpaired) electrons. The highest BCUT2D eigenvalue weighted by atomic mass is 32.2. The SMILES string of the molecule is COc1ccc(NC(=O)COc2ccc(N3C(=O)CSC3c3ccc(C)cc3)cc2)cc1. The van der Waals surface area contributed by atoms with E-state index in [1.807, 2.05) is 24.0 Å². The number of hydrogen-bond donors (Lipinski definition) is 1. The van der Waals surface area contributed by atoms with Gasteiger partial charge in [0, 0.05) is 11.4 Å². The van der Waals surface area contributed by atoms with Gasteiger partial charge < -0.3 is 14.8 Å². The Kier molecular flexibility index (Phi) is 6.66. The Morgan fingerprint density at radius 3 is 2.31 bits per heavy atom. The van der Waals surface area contributed by atoms with Crippen molar-refractivity contribution in [2.45, 2.75) is 12.3 Å². The van der Waals surface area contributed by atoms with Gasteiger partial charge in [-0.05, 0) is 61.0 Å². The van der Waals surface area contributed by atoms with Crippen LogP contribution < -0.4 is 19.7 Å². The predicted molar refractivity (Wildman–Crippen MR) is 127 cm³/mol. The lowest BCUT2D eigenvalue weighted by atomic mass is 10.1. The monoisotopic (exact) mass is 448 g/mol. The third kappa shape index (κ3) is 5.06. The minimum atomic E-state index is -0.259. The van der Waals surface area contributed by atoms with Crippen molar-refractivity contribution < 1.29 is 19.1 Å². The molecule has 0 bridgehead atoms. The number of carbonyl (C=O) groups excluding carboxylic acids is 2. The van der Waals surface area contributed by atoms with Gasteiger partial charge in [-0.1, -0.05) is 29.8 Å². The van der Waals surface area contributed by atoms with Crippen LogP contribution in [0.15, 0.2) is 72.8 Å². The zero-order valence-corrected chi connectivity index (χ0v) is 18.7. The van der Waals surface area contributed by atoms with Crippen LogP contribution in [0.5, 0.6) is 11.5 Å². The molecule has 0 spiro atoms. The van der Waals surface area contributed by atoms with E-state index < -0.39 is 0 Å². The Morgan fingerprint density at radius 1 is 1.00 bits per heavy atom. The lowest BCUT2D eigenvalue weighted by Crippen LogP contribution is -2.27. The summed E-state index contributed by atoms with van der Waals surface area (Å²) in [4.78, 5) is 26.5. The number of ether oxygens (including phenoxy) is 2. The number of nitrogens with one attached hydrogen (secondary N) is 1. The summed E-state index contributed by atoms with van der Waals surface area (Å²) < 4.78 is 10.7. The number of methoxy groups -OCH3 is 1. The summed E-state index contributed by atoms with van der Waals surface area (Å²) in [5.41, 5.74) is 3.76. The van der Waals surface area contributed by atoms with Crippen molar-refractivity contribution in [3.05, 3.63) is 83.9 Å². The standard InChI is InChI=1S/C25H24N2O4S/c1-17-3-5-18(6-4-17)25-27(24(29)16-32-25)20-9-13-22(14-10-20)31-15-23(28)26-19-7-11-21(30-2)12-8-19/h3-14,25H,15-16H2,1-2H3,(H,26,28). The maximum atomic E-state index is 12.6. The van der Waals surface area contributed by atoms with Gasteiger partial charge in [-0.25, -0.2) is 0 Å². The maximum Gasteiger partial charge on any atom is 0.262 e. The predicted octanol–water partition coefficient (Wildman–Crippen LogP) is 4.80. The molecule has 1 atom stereocenters. The molecule has 1 unspecified atom stereocenters. The molecule has 1 aliphatic rings. The topological polar surface area (TPSA) is 67.9 Å². The van der Waals surface area contributed by atoms with Crippen molar-refractivity contribution in [2.24, 2.45) is 0 Å². The highest BCUT2D eigenvalue weighted by Gasteiger charge is 2.33. The minimum Gasteiger partial charge on any atom is -0.497 e. The van der Waals surface area contributed by atoms with E-state index >= 15 is 0 Å². The summed E-state index contributed by atoms with van der Waals surface area (Å²) in [6.45, 7) is 1.93. The van der Waals surface area contributed by atoms with Crippen LogP contribution >= 0.6 is 11.8 Å². The Hall–Kier alpha value is -3.45. The van der Waals surface area contributed by atoms with Gasteiger partial charge in [0.1, 0.15) is 16.9 Å². The van der Waals surface area contributed by atoms with Crippen LogP contribution in [0.2, 0.25) is 0 Å². The van der Waals surface area contributed by atoms with Crippen molar-refractivity contribution in [3.63, 3.8) is 0 Å². The third-order valence-electron chi connectivity index (χ3n) is 5.09. The zero-order chi connectivity index (χ0) is 22.5. The number of amides is 2. The molecule has 1 fully saturated rings. The molecule has 7 heteroatoms. The van der Waals surface area contributed by atoms with E-state index in [2.05, 4.69) is 29.6 Å². The molecule has 1 heterocycles. The van der Waals surface area contributed by atoms with Gasteiger partial charge in [-0.3, -0.25) is 14.5 Å². The second kappa shape index (κ2) is 9.78. The van der Waals surface area contributed by atoms with E-state index in [-0.39, 0.29) is 23.8 Å². The van der Waals surface area contributed by atoms with E-state index in [0.717, 1.165) is 17.0 Å². The maximum absolute atomic E-state index is 12.6. The number of carbonyl (C=O) groups is 2. The first kappa shape index (κ1) is 21.8. The van der Waals surface area contributed by atoms with Gasteiger partial charge >= 0.3 is 0 Å². The summed E-state index contributed by atoms with van der Waals surface area (Å²) in [5.74, 6) is 1.55. The molecule has 0 aromatic heterocycles. The van der Waals surface area contributed by atoms with E-state index in [9.17, 15) is 9.59 Å². The van der Waals surface area contributed by atoms with Gasteiger partial charge in [-0.15, -0.1) is 11.8 Å². The Balaban J connectivity index is 1.37. The average molecular weight is 449 g/mol. The number of thioether (sulfide) groups is 1. The second-order valence-electron chi connectivity index (χ2n) is 7.40. The number of rotatable bonds is 7. The zero-order valence-electron chi connectivity index (χ0n) is 17.9. The second-order valence-corrected chi connectivity index (χ2v) is 8.47. The fraction of sp³-hybridized carbons (Fsp3) is 0.200. The largest absolute Gasteiger partial charge is 0.497 e. The highest BCUT2D eigenvalue weighted by molar-refractivity contribution is 8.00. The molecule has 6 nitrogen and oxygen atoms in total. The van der Waals surface area contributed by atoms with Crippen molar-refractivity contribution in [1.82, 2.24) is 0 Å². The molecule has 32 heavy (non-hydrogen) atoms. The molecule has 0 saturated carbocycles. The smallest absolute Gasteiger partial charge is 0.262 e.